The largest absolute Gasteiger partial charge is 0.456 e. The van der Waals surface area contributed by atoms with E-state index in [0.29, 0.717) is 17.5 Å². The van der Waals surface area contributed by atoms with Crippen molar-refractivity contribution in [1.82, 2.24) is 15.0 Å². The second kappa shape index (κ2) is 14.7. The van der Waals surface area contributed by atoms with Crippen molar-refractivity contribution in [3.05, 3.63) is 212 Å². The average molecular weight is 794 g/mol. The van der Waals surface area contributed by atoms with Gasteiger partial charge in [0.25, 0.3) is 0 Å². The van der Waals surface area contributed by atoms with Gasteiger partial charge in [-0.3, -0.25) is 0 Å². The van der Waals surface area contributed by atoms with Crippen molar-refractivity contribution in [3.63, 3.8) is 0 Å². The van der Waals surface area contributed by atoms with Gasteiger partial charge in [0.2, 0.25) is 0 Å². The van der Waals surface area contributed by atoms with Crippen molar-refractivity contribution in [2.45, 2.75) is 0 Å². The standard InChI is InChI=1S/C57H35N3O2/c1-3-12-36(13-4-1)40-16-9-18-42(32-40)43-19-10-17-41(33-43)38-24-26-39(27-25-38)55-58-56(60-57(59-55)50-22-11-21-49-46-20-7-8-23-51(46)62-54(49)50)45-29-31-48-47-30-28-44(37-14-5-2-6-15-37)34-52(47)61-53(48)35-45/h1-35H. The van der Waals surface area contributed by atoms with Crippen LogP contribution in [-0.4, -0.2) is 15.0 Å². The molecule has 0 spiro atoms. The molecule has 0 saturated heterocycles. The topological polar surface area (TPSA) is 65.0 Å². The highest BCUT2D eigenvalue weighted by molar-refractivity contribution is 6.09. The molecule has 290 valence electrons. The summed E-state index contributed by atoms with van der Waals surface area (Å²) in [7, 11) is 0. The summed E-state index contributed by atoms with van der Waals surface area (Å²) in [6.45, 7) is 0. The number of aromatic nitrogens is 3. The number of hydrogen-bond donors (Lipinski definition) is 0. The third kappa shape index (κ3) is 6.32. The Labute approximate surface area is 357 Å². The van der Waals surface area contributed by atoms with Crippen LogP contribution in [0, 0.1) is 0 Å². The molecule has 12 rings (SSSR count). The molecule has 0 N–H and O–H groups in total. The van der Waals surface area contributed by atoms with Crippen molar-refractivity contribution in [1.29, 1.82) is 0 Å². The summed E-state index contributed by atoms with van der Waals surface area (Å²) in [5, 5.41) is 4.16. The average Bonchev–Trinajstić information content (AvgIpc) is 3.92. The Morgan fingerprint density at radius 1 is 0.242 bits per heavy atom. The first-order valence-electron chi connectivity index (χ1n) is 20.7. The minimum Gasteiger partial charge on any atom is -0.456 e. The quantitative estimate of drug-likeness (QED) is 0.161. The van der Waals surface area contributed by atoms with E-state index in [-0.39, 0.29) is 0 Å². The first-order valence-corrected chi connectivity index (χ1v) is 20.7. The van der Waals surface area contributed by atoms with Crippen LogP contribution in [0.3, 0.4) is 0 Å². The van der Waals surface area contributed by atoms with Crippen molar-refractivity contribution in [2.75, 3.05) is 0 Å². The highest BCUT2D eigenvalue weighted by Gasteiger charge is 2.19. The van der Waals surface area contributed by atoms with Crippen molar-refractivity contribution in [3.8, 4) is 78.7 Å². The fourth-order valence-electron chi connectivity index (χ4n) is 8.60. The summed E-state index contributed by atoms with van der Waals surface area (Å²) in [6, 6.07) is 73.6. The summed E-state index contributed by atoms with van der Waals surface area (Å²) in [5.41, 5.74) is 14.9. The second-order valence-electron chi connectivity index (χ2n) is 15.6. The maximum atomic E-state index is 6.53. The van der Waals surface area contributed by atoms with E-state index in [1.165, 1.54) is 16.7 Å². The molecule has 0 fully saturated rings. The molecule has 5 nitrogen and oxygen atoms in total. The van der Waals surface area contributed by atoms with Crippen molar-refractivity contribution < 1.29 is 8.83 Å². The monoisotopic (exact) mass is 793 g/mol. The zero-order valence-electron chi connectivity index (χ0n) is 33.4. The molecule has 3 heterocycles. The first kappa shape index (κ1) is 35.5. The molecule has 3 aromatic heterocycles. The molecule has 0 radical (unpaired) electrons. The van der Waals surface area contributed by atoms with Crippen LogP contribution in [0.2, 0.25) is 0 Å². The highest BCUT2D eigenvalue weighted by atomic mass is 16.3. The fraction of sp³-hybridized carbons (Fsp3) is 0. The van der Waals surface area contributed by atoms with Crippen LogP contribution in [-0.2, 0) is 0 Å². The van der Waals surface area contributed by atoms with E-state index >= 15 is 0 Å². The lowest BCUT2D eigenvalue weighted by atomic mass is 9.96. The lowest BCUT2D eigenvalue weighted by molar-refractivity contribution is 0.668. The molecule has 0 atom stereocenters. The number of para-hydroxylation sites is 2. The summed E-state index contributed by atoms with van der Waals surface area (Å²) in [5.74, 6) is 1.63. The van der Waals surface area contributed by atoms with Gasteiger partial charge in [-0.2, -0.15) is 0 Å². The van der Waals surface area contributed by atoms with E-state index in [2.05, 4.69) is 164 Å². The predicted molar refractivity (Wildman–Crippen MR) is 252 cm³/mol. The Hall–Kier alpha value is -8.41. The summed E-state index contributed by atoms with van der Waals surface area (Å²) in [4.78, 5) is 15.4. The van der Waals surface area contributed by atoms with Gasteiger partial charge in [-0.25, -0.2) is 15.0 Å². The van der Waals surface area contributed by atoms with Crippen molar-refractivity contribution in [2.24, 2.45) is 0 Å². The third-order valence-electron chi connectivity index (χ3n) is 11.8. The molecule has 0 aliphatic rings. The van der Waals surface area contributed by atoms with Crippen LogP contribution in [0.4, 0.5) is 0 Å². The van der Waals surface area contributed by atoms with E-state index in [4.69, 9.17) is 23.8 Å². The SMILES string of the molecule is c1ccc(-c2cccc(-c3cccc(-c4ccc(-c5nc(-c6ccc7c(c6)oc6cc(-c8ccccc8)ccc67)nc(-c6cccc7c6oc6ccccc67)n5)cc4)c3)c2)cc1. The van der Waals surface area contributed by atoms with Crippen molar-refractivity contribution >= 4 is 43.9 Å². The van der Waals surface area contributed by atoms with E-state index in [1.807, 2.05) is 48.5 Å². The number of fused-ring (bicyclic) bond motifs is 6. The zero-order chi connectivity index (χ0) is 41.0. The number of benzene rings is 9. The molecule has 0 bridgehead atoms. The Morgan fingerprint density at radius 2 is 0.661 bits per heavy atom. The predicted octanol–water partition coefficient (Wildman–Crippen LogP) is 15.3. The molecular weight excluding hydrogens is 759 g/mol. The van der Waals surface area contributed by atoms with Crippen LogP contribution >= 0.6 is 0 Å². The summed E-state index contributed by atoms with van der Waals surface area (Å²) in [6.07, 6.45) is 0. The Kier molecular flexibility index (Phi) is 8.42. The number of hydrogen-bond acceptors (Lipinski definition) is 5. The van der Waals surface area contributed by atoms with Gasteiger partial charge in [-0.1, -0.05) is 164 Å². The van der Waals surface area contributed by atoms with E-state index < -0.39 is 0 Å². The van der Waals surface area contributed by atoms with Gasteiger partial charge in [0.05, 0.1) is 5.56 Å². The van der Waals surface area contributed by atoms with Gasteiger partial charge >= 0.3 is 0 Å². The molecular formula is C57H35N3O2. The molecule has 5 heteroatoms. The fourth-order valence-corrected chi connectivity index (χ4v) is 8.60. The maximum absolute atomic E-state index is 6.53. The van der Waals surface area contributed by atoms with Gasteiger partial charge < -0.3 is 8.83 Å². The summed E-state index contributed by atoms with van der Waals surface area (Å²) >= 11 is 0. The van der Waals surface area contributed by atoms with E-state index in [0.717, 1.165) is 88.4 Å². The third-order valence-corrected chi connectivity index (χ3v) is 11.8. The number of furan rings is 2. The lowest BCUT2D eigenvalue weighted by Gasteiger charge is -2.10. The number of nitrogens with zero attached hydrogens (tertiary/aromatic N) is 3. The summed E-state index contributed by atoms with van der Waals surface area (Å²) < 4.78 is 13.0. The highest BCUT2D eigenvalue weighted by Crippen LogP contribution is 2.38. The Bertz CT molecular complexity index is 3630. The van der Waals surface area contributed by atoms with Crippen LogP contribution < -0.4 is 0 Å². The molecule has 0 unspecified atom stereocenters. The zero-order valence-corrected chi connectivity index (χ0v) is 33.4. The second-order valence-corrected chi connectivity index (χ2v) is 15.6. The molecule has 62 heavy (non-hydrogen) atoms. The minimum atomic E-state index is 0.529. The van der Waals surface area contributed by atoms with E-state index in [1.54, 1.807) is 0 Å². The Balaban J connectivity index is 0.947. The molecule has 0 amide bonds. The molecule has 0 aliphatic carbocycles. The van der Waals surface area contributed by atoms with Crippen LogP contribution in [0.1, 0.15) is 0 Å². The van der Waals surface area contributed by atoms with Gasteiger partial charge in [0, 0.05) is 32.7 Å². The normalized spacial score (nSPS) is 11.5. The maximum Gasteiger partial charge on any atom is 0.167 e. The molecule has 9 aromatic carbocycles. The molecule has 12 aromatic rings. The Morgan fingerprint density at radius 3 is 1.32 bits per heavy atom. The first-order chi connectivity index (χ1) is 30.7. The van der Waals surface area contributed by atoms with Crippen LogP contribution in [0.15, 0.2) is 221 Å². The lowest BCUT2D eigenvalue weighted by Crippen LogP contribution is -2.00. The van der Waals surface area contributed by atoms with E-state index in [9.17, 15) is 0 Å². The smallest absolute Gasteiger partial charge is 0.167 e. The number of rotatable bonds is 7. The van der Waals surface area contributed by atoms with Gasteiger partial charge in [-0.15, -0.1) is 0 Å². The van der Waals surface area contributed by atoms with Crippen LogP contribution in [0.5, 0.6) is 0 Å². The minimum absolute atomic E-state index is 0.529. The van der Waals surface area contributed by atoms with Gasteiger partial charge in [0.1, 0.15) is 22.3 Å². The molecule has 0 aliphatic heterocycles. The van der Waals surface area contributed by atoms with Gasteiger partial charge in [0.15, 0.2) is 17.5 Å². The van der Waals surface area contributed by atoms with Crippen LogP contribution in [0.25, 0.3) is 123 Å². The van der Waals surface area contributed by atoms with Gasteiger partial charge in [-0.05, 0) is 93.0 Å². The molecule has 0 saturated carbocycles.